The number of methoxy groups -OCH3 is 1. The van der Waals surface area contributed by atoms with Crippen LogP contribution in [0.3, 0.4) is 0 Å². The zero-order chi connectivity index (χ0) is 25.2. The highest BCUT2D eigenvalue weighted by molar-refractivity contribution is 6.05. The Kier molecular flexibility index (Phi) is 6.82. The number of aliphatic carboxylic acids is 1. The molecule has 8 heteroatoms. The summed E-state index contributed by atoms with van der Waals surface area (Å²) >= 11 is 0. The predicted octanol–water partition coefficient (Wildman–Crippen LogP) is 4.95. The van der Waals surface area contributed by atoms with Gasteiger partial charge in [-0.1, -0.05) is 24.3 Å². The highest BCUT2D eigenvalue weighted by atomic mass is 16.5. The first kappa shape index (κ1) is 24.3. The molecule has 1 saturated carbocycles. The second kappa shape index (κ2) is 9.82. The molecule has 8 nitrogen and oxygen atoms in total. The van der Waals surface area contributed by atoms with Crippen molar-refractivity contribution < 1.29 is 28.6 Å². The molecule has 1 fully saturated rings. The van der Waals surface area contributed by atoms with Crippen molar-refractivity contribution in [3.8, 4) is 5.75 Å². The number of hydrogen-bond donors (Lipinski definition) is 3. The highest BCUT2D eigenvalue weighted by Gasteiger charge is 2.33. The van der Waals surface area contributed by atoms with E-state index in [9.17, 15) is 19.5 Å². The SMILES string of the molecule is COc1cccc2cc(C(=O)Nc3ccc([C@H]4CC[C@H](C(=O)NC(C)(C)C(=O)O)CC4)cc3)oc12. The lowest BCUT2D eigenvalue weighted by atomic mass is 9.78. The third-order valence-corrected chi connectivity index (χ3v) is 6.66. The molecule has 2 amide bonds. The zero-order valence-electron chi connectivity index (χ0n) is 20.1. The van der Waals surface area contributed by atoms with Crippen LogP contribution in [0.5, 0.6) is 5.75 Å². The number of hydrogen-bond acceptors (Lipinski definition) is 5. The molecule has 3 N–H and O–H groups in total. The quantitative estimate of drug-likeness (QED) is 0.442. The van der Waals surface area contributed by atoms with E-state index in [1.807, 2.05) is 36.4 Å². The highest BCUT2D eigenvalue weighted by Crippen LogP contribution is 2.36. The fourth-order valence-corrected chi connectivity index (χ4v) is 4.49. The maximum absolute atomic E-state index is 12.7. The Labute approximate surface area is 203 Å². The lowest BCUT2D eigenvalue weighted by Gasteiger charge is -2.30. The fourth-order valence-electron chi connectivity index (χ4n) is 4.49. The molecule has 184 valence electrons. The summed E-state index contributed by atoms with van der Waals surface area (Å²) in [6, 6.07) is 14.9. The van der Waals surface area contributed by atoms with Crippen LogP contribution >= 0.6 is 0 Å². The summed E-state index contributed by atoms with van der Waals surface area (Å²) in [6.45, 7) is 2.98. The Morgan fingerprint density at radius 3 is 2.34 bits per heavy atom. The second-order valence-corrected chi connectivity index (χ2v) is 9.53. The Morgan fingerprint density at radius 2 is 1.71 bits per heavy atom. The van der Waals surface area contributed by atoms with Gasteiger partial charge in [-0.25, -0.2) is 4.79 Å². The Hall–Kier alpha value is -3.81. The van der Waals surface area contributed by atoms with Gasteiger partial charge in [0.2, 0.25) is 5.91 Å². The van der Waals surface area contributed by atoms with Crippen LogP contribution in [0.25, 0.3) is 11.0 Å². The summed E-state index contributed by atoms with van der Waals surface area (Å²) in [7, 11) is 1.56. The number of carbonyl (C=O) groups is 3. The van der Waals surface area contributed by atoms with Crippen LogP contribution in [-0.2, 0) is 9.59 Å². The number of para-hydroxylation sites is 1. The molecule has 0 bridgehead atoms. The van der Waals surface area contributed by atoms with E-state index in [0.717, 1.165) is 23.8 Å². The first-order chi connectivity index (χ1) is 16.7. The van der Waals surface area contributed by atoms with Crippen LogP contribution in [0.2, 0.25) is 0 Å². The minimum absolute atomic E-state index is 0.175. The predicted molar refractivity (Wildman–Crippen MR) is 132 cm³/mol. The number of fused-ring (bicyclic) bond motifs is 1. The number of carbonyl (C=O) groups excluding carboxylic acids is 2. The van der Waals surface area contributed by atoms with Crippen LogP contribution in [0, 0.1) is 5.92 Å². The van der Waals surface area contributed by atoms with Crippen molar-refractivity contribution in [1.82, 2.24) is 5.32 Å². The van der Waals surface area contributed by atoms with Gasteiger partial charge in [0.1, 0.15) is 5.54 Å². The van der Waals surface area contributed by atoms with Crippen LogP contribution in [0.15, 0.2) is 52.9 Å². The van der Waals surface area contributed by atoms with Crippen molar-refractivity contribution in [3.05, 3.63) is 59.9 Å². The maximum atomic E-state index is 12.7. The summed E-state index contributed by atoms with van der Waals surface area (Å²) in [5, 5.41) is 15.5. The number of carboxylic acid groups (broad SMARTS) is 1. The van der Waals surface area contributed by atoms with Crippen LogP contribution in [0.1, 0.15) is 61.6 Å². The van der Waals surface area contributed by atoms with Crippen LogP contribution in [-0.4, -0.2) is 35.5 Å². The van der Waals surface area contributed by atoms with Gasteiger partial charge in [-0.15, -0.1) is 0 Å². The average Bonchev–Trinajstić information content (AvgIpc) is 3.29. The van der Waals surface area contributed by atoms with Gasteiger partial charge in [0, 0.05) is 17.0 Å². The van der Waals surface area contributed by atoms with Gasteiger partial charge in [-0.2, -0.15) is 0 Å². The third kappa shape index (κ3) is 5.31. The van der Waals surface area contributed by atoms with Crippen molar-refractivity contribution >= 4 is 34.4 Å². The van der Waals surface area contributed by atoms with E-state index in [1.165, 1.54) is 13.8 Å². The summed E-state index contributed by atoms with van der Waals surface area (Å²) in [4.78, 5) is 36.4. The standard InChI is InChI=1S/C27H30N2O6/c1-27(2,26(32)33)29-24(30)18-9-7-16(8-10-18)17-11-13-20(14-12-17)28-25(31)22-15-19-5-4-6-21(34-3)23(19)35-22/h4-6,11-16,18H,7-10H2,1-3H3,(H,28,31)(H,29,30)(H,32,33)/t16-,18-. The smallest absolute Gasteiger partial charge is 0.328 e. The van der Waals surface area contributed by atoms with Gasteiger partial charge in [0.15, 0.2) is 17.1 Å². The molecular formula is C27H30N2O6. The molecular weight excluding hydrogens is 448 g/mol. The lowest BCUT2D eigenvalue weighted by molar-refractivity contribution is -0.146. The first-order valence-electron chi connectivity index (χ1n) is 11.7. The van der Waals surface area contributed by atoms with Gasteiger partial charge in [-0.3, -0.25) is 9.59 Å². The average molecular weight is 479 g/mol. The van der Waals surface area contributed by atoms with E-state index >= 15 is 0 Å². The number of carboxylic acids is 1. The minimum Gasteiger partial charge on any atom is -0.493 e. The molecule has 1 aliphatic carbocycles. The molecule has 1 heterocycles. The summed E-state index contributed by atoms with van der Waals surface area (Å²) < 4.78 is 11.0. The molecule has 0 unspecified atom stereocenters. The van der Waals surface area contributed by atoms with Crippen molar-refractivity contribution in [2.45, 2.75) is 51.0 Å². The second-order valence-electron chi connectivity index (χ2n) is 9.53. The third-order valence-electron chi connectivity index (χ3n) is 6.66. The largest absolute Gasteiger partial charge is 0.493 e. The summed E-state index contributed by atoms with van der Waals surface area (Å²) in [5.41, 5.74) is 1.07. The van der Waals surface area contributed by atoms with Crippen LogP contribution in [0.4, 0.5) is 5.69 Å². The van der Waals surface area contributed by atoms with Crippen molar-refractivity contribution in [3.63, 3.8) is 0 Å². The zero-order valence-corrected chi connectivity index (χ0v) is 20.1. The topological polar surface area (TPSA) is 118 Å². The summed E-state index contributed by atoms with van der Waals surface area (Å²) in [5.74, 6) is -0.666. The molecule has 4 rings (SSSR count). The first-order valence-corrected chi connectivity index (χ1v) is 11.7. The summed E-state index contributed by atoms with van der Waals surface area (Å²) in [6.07, 6.45) is 3.11. The normalized spacial score (nSPS) is 18.1. The molecule has 2 aromatic carbocycles. The molecule has 0 spiro atoms. The van der Waals surface area contributed by atoms with E-state index in [-0.39, 0.29) is 23.5 Å². The number of ether oxygens (including phenoxy) is 1. The van der Waals surface area contributed by atoms with E-state index in [4.69, 9.17) is 9.15 Å². The number of anilines is 1. The van der Waals surface area contributed by atoms with Gasteiger partial charge in [0.05, 0.1) is 7.11 Å². The fraction of sp³-hybridized carbons (Fsp3) is 0.370. The van der Waals surface area contributed by atoms with Crippen molar-refractivity contribution in [2.75, 3.05) is 12.4 Å². The van der Waals surface area contributed by atoms with Crippen molar-refractivity contribution in [2.24, 2.45) is 5.92 Å². The maximum Gasteiger partial charge on any atom is 0.328 e. The number of rotatable bonds is 7. The number of amides is 2. The molecule has 1 aliphatic rings. The molecule has 3 aromatic rings. The van der Waals surface area contributed by atoms with E-state index in [0.29, 0.717) is 35.8 Å². The monoisotopic (exact) mass is 478 g/mol. The number of furan rings is 1. The van der Waals surface area contributed by atoms with Crippen LogP contribution < -0.4 is 15.4 Å². The van der Waals surface area contributed by atoms with E-state index < -0.39 is 11.5 Å². The molecule has 0 atom stereocenters. The Morgan fingerprint density at radius 1 is 1.03 bits per heavy atom. The Balaban J connectivity index is 1.34. The van der Waals surface area contributed by atoms with E-state index in [1.54, 1.807) is 19.2 Å². The molecule has 0 radical (unpaired) electrons. The van der Waals surface area contributed by atoms with Crippen molar-refractivity contribution in [1.29, 1.82) is 0 Å². The lowest BCUT2D eigenvalue weighted by Crippen LogP contribution is -2.51. The van der Waals surface area contributed by atoms with Gasteiger partial charge in [0.25, 0.3) is 5.91 Å². The molecule has 35 heavy (non-hydrogen) atoms. The van der Waals surface area contributed by atoms with Gasteiger partial charge >= 0.3 is 5.97 Å². The van der Waals surface area contributed by atoms with Gasteiger partial charge in [-0.05, 0) is 75.3 Å². The molecule has 1 aromatic heterocycles. The van der Waals surface area contributed by atoms with Gasteiger partial charge < -0.3 is 24.9 Å². The Bertz CT molecular complexity index is 1240. The number of benzene rings is 2. The molecule has 0 saturated heterocycles. The van der Waals surface area contributed by atoms with E-state index in [2.05, 4.69) is 10.6 Å². The molecule has 0 aliphatic heterocycles. The minimum atomic E-state index is -1.28. The number of nitrogens with one attached hydrogen (secondary N) is 2.